The molecule has 0 saturated heterocycles. The van der Waals surface area contributed by atoms with Gasteiger partial charge in [-0.25, -0.2) is 0 Å². The molecule has 2 rings (SSSR count). The standard InChI is InChI=1S/C13H15NO2S/c1-3-14(9-11-5-4-8-17-11)13-7-6-12(16-13)10(2)15/h4-8H,3,9H2,1-2H3. The largest absolute Gasteiger partial charge is 0.437 e. The van der Waals surface area contributed by atoms with Crippen molar-refractivity contribution in [3.05, 3.63) is 40.3 Å². The van der Waals surface area contributed by atoms with Gasteiger partial charge in [-0.05, 0) is 24.4 Å². The van der Waals surface area contributed by atoms with E-state index in [-0.39, 0.29) is 5.78 Å². The number of furan rings is 1. The van der Waals surface area contributed by atoms with E-state index in [4.69, 9.17) is 4.42 Å². The second kappa shape index (κ2) is 5.19. The Morgan fingerprint density at radius 3 is 2.76 bits per heavy atom. The van der Waals surface area contributed by atoms with E-state index in [1.807, 2.05) is 12.1 Å². The monoisotopic (exact) mass is 249 g/mol. The second-order valence-corrected chi connectivity index (χ2v) is 4.82. The van der Waals surface area contributed by atoms with Gasteiger partial charge in [-0.3, -0.25) is 4.79 Å². The number of rotatable bonds is 5. The minimum atomic E-state index is -0.0385. The molecule has 0 bridgehead atoms. The quantitative estimate of drug-likeness (QED) is 0.759. The van der Waals surface area contributed by atoms with Gasteiger partial charge in [0.15, 0.2) is 17.4 Å². The molecule has 0 unspecified atom stereocenters. The molecule has 0 aromatic carbocycles. The summed E-state index contributed by atoms with van der Waals surface area (Å²) in [7, 11) is 0. The van der Waals surface area contributed by atoms with Crippen LogP contribution in [0, 0.1) is 0 Å². The summed E-state index contributed by atoms with van der Waals surface area (Å²) in [6.45, 7) is 5.25. The topological polar surface area (TPSA) is 33.5 Å². The smallest absolute Gasteiger partial charge is 0.196 e. The number of carbonyl (C=O) groups excluding carboxylic acids is 1. The molecular formula is C13H15NO2S. The van der Waals surface area contributed by atoms with E-state index >= 15 is 0 Å². The van der Waals surface area contributed by atoms with Crippen LogP contribution in [0.25, 0.3) is 0 Å². The van der Waals surface area contributed by atoms with E-state index in [1.165, 1.54) is 11.8 Å². The fourth-order valence-electron chi connectivity index (χ4n) is 1.62. The number of nitrogens with zero attached hydrogens (tertiary/aromatic N) is 1. The molecule has 0 saturated carbocycles. The van der Waals surface area contributed by atoms with Crippen molar-refractivity contribution in [2.75, 3.05) is 11.4 Å². The molecule has 2 aromatic rings. The van der Waals surface area contributed by atoms with Crippen LogP contribution < -0.4 is 4.90 Å². The number of anilines is 1. The lowest BCUT2D eigenvalue weighted by Crippen LogP contribution is -2.20. The van der Waals surface area contributed by atoms with Crippen LogP contribution >= 0.6 is 11.3 Å². The molecule has 0 spiro atoms. The van der Waals surface area contributed by atoms with E-state index in [9.17, 15) is 4.79 Å². The van der Waals surface area contributed by atoms with Crippen LogP contribution in [0.2, 0.25) is 0 Å². The Morgan fingerprint density at radius 2 is 2.24 bits per heavy atom. The predicted octanol–water partition coefficient (Wildman–Crippen LogP) is 3.57. The van der Waals surface area contributed by atoms with Crippen molar-refractivity contribution in [2.45, 2.75) is 20.4 Å². The summed E-state index contributed by atoms with van der Waals surface area (Å²) in [5, 5.41) is 2.06. The molecule has 0 amide bonds. The number of Topliss-reactive ketones (excluding diaryl/α,β-unsaturated/α-hetero) is 1. The first-order valence-corrected chi connectivity index (χ1v) is 6.46. The summed E-state index contributed by atoms with van der Waals surface area (Å²) < 4.78 is 5.53. The molecule has 0 radical (unpaired) electrons. The van der Waals surface area contributed by atoms with Crippen molar-refractivity contribution in [2.24, 2.45) is 0 Å². The molecule has 2 aromatic heterocycles. The Labute approximate surface area is 105 Å². The lowest BCUT2D eigenvalue weighted by Gasteiger charge is -2.18. The van der Waals surface area contributed by atoms with Crippen molar-refractivity contribution >= 4 is 23.0 Å². The highest BCUT2D eigenvalue weighted by molar-refractivity contribution is 7.09. The summed E-state index contributed by atoms with van der Waals surface area (Å²) in [5.74, 6) is 1.14. The lowest BCUT2D eigenvalue weighted by atomic mass is 10.3. The molecule has 0 aliphatic carbocycles. The molecule has 2 heterocycles. The Hall–Kier alpha value is -1.55. The molecule has 0 fully saturated rings. The average molecular weight is 249 g/mol. The van der Waals surface area contributed by atoms with Crippen LogP contribution in [0.4, 0.5) is 5.88 Å². The van der Waals surface area contributed by atoms with Gasteiger partial charge in [-0.15, -0.1) is 11.3 Å². The van der Waals surface area contributed by atoms with Crippen LogP contribution in [-0.4, -0.2) is 12.3 Å². The van der Waals surface area contributed by atoms with Crippen molar-refractivity contribution in [3.63, 3.8) is 0 Å². The van der Waals surface area contributed by atoms with Gasteiger partial charge in [0, 0.05) is 24.4 Å². The fourth-order valence-corrected chi connectivity index (χ4v) is 2.34. The molecule has 0 aliphatic rings. The van der Waals surface area contributed by atoms with E-state index in [0.717, 1.165) is 19.0 Å². The van der Waals surface area contributed by atoms with Crippen LogP contribution in [0.5, 0.6) is 0 Å². The zero-order valence-electron chi connectivity index (χ0n) is 9.97. The first-order valence-electron chi connectivity index (χ1n) is 5.58. The summed E-state index contributed by atoms with van der Waals surface area (Å²) in [6.07, 6.45) is 0. The predicted molar refractivity (Wildman–Crippen MR) is 69.8 cm³/mol. The molecule has 0 atom stereocenters. The maximum atomic E-state index is 11.2. The Balaban J connectivity index is 2.14. The highest BCUT2D eigenvalue weighted by Crippen LogP contribution is 2.22. The molecular weight excluding hydrogens is 234 g/mol. The molecule has 90 valence electrons. The zero-order chi connectivity index (χ0) is 12.3. The first-order chi connectivity index (χ1) is 8.20. The van der Waals surface area contributed by atoms with E-state index < -0.39 is 0 Å². The highest BCUT2D eigenvalue weighted by atomic mass is 32.1. The Bertz CT molecular complexity index is 487. The van der Waals surface area contributed by atoms with Crippen LogP contribution in [0.15, 0.2) is 34.1 Å². The van der Waals surface area contributed by atoms with Crippen LogP contribution in [-0.2, 0) is 6.54 Å². The third-order valence-corrected chi connectivity index (χ3v) is 3.42. The number of hydrogen-bond acceptors (Lipinski definition) is 4. The summed E-state index contributed by atoms with van der Waals surface area (Å²) in [4.78, 5) is 14.6. The molecule has 3 nitrogen and oxygen atoms in total. The normalized spacial score (nSPS) is 10.5. The number of ketones is 1. The third kappa shape index (κ3) is 2.77. The third-order valence-electron chi connectivity index (χ3n) is 2.56. The summed E-state index contributed by atoms with van der Waals surface area (Å²) in [6, 6.07) is 7.72. The Morgan fingerprint density at radius 1 is 1.41 bits per heavy atom. The number of thiophene rings is 1. The van der Waals surface area contributed by atoms with E-state index in [0.29, 0.717) is 5.76 Å². The highest BCUT2D eigenvalue weighted by Gasteiger charge is 2.12. The molecule has 17 heavy (non-hydrogen) atoms. The van der Waals surface area contributed by atoms with Crippen molar-refractivity contribution in [1.29, 1.82) is 0 Å². The van der Waals surface area contributed by atoms with Gasteiger partial charge in [0.05, 0.1) is 6.54 Å². The van der Waals surface area contributed by atoms with Crippen molar-refractivity contribution in [3.8, 4) is 0 Å². The Kier molecular flexibility index (Phi) is 3.64. The molecule has 0 N–H and O–H groups in total. The van der Waals surface area contributed by atoms with E-state index in [2.05, 4.69) is 23.3 Å². The lowest BCUT2D eigenvalue weighted by molar-refractivity contribution is 0.0987. The fraction of sp³-hybridized carbons (Fsp3) is 0.308. The van der Waals surface area contributed by atoms with Gasteiger partial charge in [-0.1, -0.05) is 6.07 Å². The van der Waals surface area contributed by atoms with Gasteiger partial charge in [-0.2, -0.15) is 0 Å². The second-order valence-electron chi connectivity index (χ2n) is 3.79. The maximum Gasteiger partial charge on any atom is 0.196 e. The van der Waals surface area contributed by atoms with Crippen molar-refractivity contribution in [1.82, 2.24) is 0 Å². The summed E-state index contributed by atoms with van der Waals surface area (Å²) >= 11 is 1.72. The van der Waals surface area contributed by atoms with E-state index in [1.54, 1.807) is 17.4 Å². The molecule has 0 aliphatic heterocycles. The minimum absolute atomic E-state index is 0.0385. The maximum absolute atomic E-state index is 11.2. The van der Waals surface area contributed by atoms with Gasteiger partial charge >= 0.3 is 0 Å². The zero-order valence-corrected chi connectivity index (χ0v) is 10.8. The van der Waals surface area contributed by atoms with Crippen molar-refractivity contribution < 1.29 is 9.21 Å². The van der Waals surface area contributed by atoms with Gasteiger partial charge in [0.2, 0.25) is 0 Å². The molecule has 4 heteroatoms. The van der Waals surface area contributed by atoms with Crippen LogP contribution in [0.3, 0.4) is 0 Å². The number of carbonyl (C=O) groups is 1. The first kappa shape index (κ1) is 11.9. The van der Waals surface area contributed by atoms with Gasteiger partial charge in [0.25, 0.3) is 0 Å². The van der Waals surface area contributed by atoms with Gasteiger partial charge in [0.1, 0.15) is 0 Å². The van der Waals surface area contributed by atoms with Gasteiger partial charge < -0.3 is 9.32 Å². The number of hydrogen-bond donors (Lipinski definition) is 0. The average Bonchev–Trinajstić information content (AvgIpc) is 2.96. The summed E-state index contributed by atoms with van der Waals surface area (Å²) in [5.41, 5.74) is 0. The minimum Gasteiger partial charge on any atom is -0.437 e. The SMILES string of the molecule is CCN(Cc1cccs1)c1ccc(C(C)=O)o1. The van der Waals surface area contributed by atoms with Crippen LogP contribution in [0.1, 0.15) is 29.3 Å².